The Kier molecular flexibility index (Phi) is 7.87. The number of hydrogen-bond acceptors (Lipinski definition) is 8. The molecule has 1 aromatic heterocycles. The second kappa shape index (κ2) is 11.2. The fourth-order valence-electron chi connectivity index (χ4n) is 14.0. The first-order valence-corrected chi connectivity index (χ1v) is 19.2. The minimum Gasteiger partial charge on any atom is -0.390 e. The molecule has 7 fully saturated rings. The van der Waals surface area contributed by atoms with Crippen molar-refractivity contribution in [3.63, 3.8) is 0 Å². The summed E-state index contributed by atoms with van der Waals surface area (Å²) in [5, 5.41) is 34.2. The number of pyridine rings is 1. The van der Waals surface area contributed by atoms with Gasteiger partial charge in [-0.15, -0.1) is 0 Å². The van der Waals surface area contributed by atoms with Crippen molar-refractivity contribution in [1.29, 1.82) is 0 Å². The van der Waals surface area contributed by atoms with E-state index < -0.39 is 30.2 Å². The van der Waals surface area contributed by atoms with Crippen molar-refractivity contribution >= 4 is 5.91 Å². The van der Waals surface area contributed by atoms with Gasteiger partial charge in [0, 0.05) is 29.9 Å². The van der Waals surface area contributed by atoms with E-state index in [1.165, 1.54) is 12.8 Å². The molecule has 4 unspecified atom stereocenters. The molecule has 9 nitrogen and oxygen atoms in total. The van der Waals surface area contributed by atoms with Crippen LogP contribution in [0.25, 0.3) is 0 Å². The van der Waals surface area contributed by atoms with Crippen LogP contribution in [0.2, 0.25) is 0 Å². The standard InChI is InChI=1S/C40H60N2O7/c1-23-20-25(32(43)36(4,5)46)48-31-30(23)37(6)14-15-40-22-39(40)13-10-28(35(2,3)26(39)8-9-27(40)38(37,7)33(31)44)49-29-21-42(18-19-47-29)34(45)24-11-16-41-17-12-24/h11-12,16-17,23,25-33,43-44,46H,8-10,13-15,18-22H2,1-7H3/t23-,25-,26+,27+,28?,29?,30?,31+,32+,33+,37-,38-,39?,40+/m1/s1. The lowest BCUT2D eigenvalue weighted by atomic mass is 9.41. The number of morpholine rings is 1. The second-order valence-electron chi connectivity index (χ2n) is 19.1. The number of aliphatic hydroxyl groups is 3. The largest absolute Gasteiger partial charge is 0.390 e. The van der Waals surface area contributed by atoms with Gasteiger partial charge in [0.1, 0.15) is 6.10 Å². The molecule has 2 aliphatic heterocycles. The summed E-state index contributed by atoms with van der Waals surface area (Å²) in [5.74, 6) is 1.46. The Morgan fingerprint density at radius 1 is 1.06 bits per heavy atom. The van der Waals surface area contributed by atoms with Gasteiger partial charge in [0.15, 0.2) is 6.29 Å². The Hall–Kier alpha value is -1.62. The van der Waals surface area contributed by atoms with Gasteiger partial charge in [0.2, 0.25) is 0 Å². The molecule has 2 saturated heterocycles. The lowest BCUT2D eigenvalue weighted by molar-refractivity contribution is -0.245. The lowest BCUT2D eigenvalue weighted by Crippen LogP contribution is -2.60. The Morgan fingerprint density at radius 2 is 1.76 bits per heavy atom. The van der Waals surface area contributed by atoms with Crippen LogP contribution in [0.4, 0.5) is 0 Å². The Balaban J connectivity index is 1.00. The van der Waals surface area contributed by atoms with Crippen LogP contribution in [0.5, 0.6) is 0 Å². The molecule has 3 N–H and O–H groups in total. The molecule has 272 valence electrons. The summed E-state index contributed by atoms with van der Waals surface area (Å²) in [6.07, 6.45) is 9.09. The maximum Gasteiger partial charge on any atom is 0.254 e. The summed E-state index contributed by atoms with van der Waals surface area (Å²) >= 11 is 0. The fourth-order valence-corrected chi connectivity index (χ4v) is 14.0. The summed E-state index contributed by atoms with van der Waals surface area (Å²) in [5.41, 5.74) is -0.513. The smallest absolute Gasteiger partial charge is 0.254 e. The van der Waals surface area contributed by atoms with Gasteiger partial charge in [-0.05, 0) is 123 Å². The number of carbonyl (C=O) groups is 1. The van der Waals surface area contributed by atoms with Gasteiger partial charge in [-0.3, -0.25) is 9.78 Å². The zero-order valence-corrected chi connectivity index (χ0v) is 30.7. The van der Waals surface area contributed by atoms with Crippen LogP contribution in [-0.2, 0) is 14.2 Å². The molecule has 7 aliphatic rings. The summed E-state index contributed by atoms with van der Waals surface area (Å²) in [4.78, 5) is 19.1. The third kappa shape index (κ3) is 4.64. The number of aliphatic hydroxyl groups excluding tert-OH is 2. The number of ether oxygens (including phenoxy) is 3. The normalized spacial score (nSPS) is 49.1. The maximum atomic E-state index is 13.2. The van der Waals surface area contributed by atoms with Crippen LogP contribution in [-0.4, -0.2) is 93.2 Å². The van der Waals surface area contributed by atoms with Crippen LogP contribution in [0.3, 0.4) is 0 Å². The number of carbonyl (C=O) groups excluding carboxylic acids is 1. The van der Waals surface area contributed by atoms with Crippen molar-refractivity contribution in [2.24, 2.45) is 50.7 Å². The van der Waals surface area contributed by atoms with Gasteiger partial charge in [-0.1, -0.05) is 34.6 Å². The van der Waals surface area contributed by atoms with E-state index in [4.69, 9.17) is 14.2 Å². The molecule has 2 spiro atoms. The molecule has 5 aliphatic carbocycles. The minimum atomic E-state index is -1.26. The van der Waals surface area contributed by atoms with Crippen molar-refractivity contribution in [2.45, 2.75) is 142 Å². The maximum absolute atomic E-state index is 13.2. The van der Waals surface area contributed by atoms with Crippen molar-refractivity contribution in [3.05, 3.63) is 30.1 Å². The average molecular weight is 681 g/mol. The minimum absolute atomic E-state index is 0.00475. The molecule has 0 radical (unpaired) electrons. The molecule has 1 aromatic rings. The highest BCUT2D eigenvalue weighted by atomic mass is 16.7. The highest BCUT2D eigenvalue weighted by molar-refractivity contribution is 5.94. The number of fused-ring (bicyclic) bond motifs is 4. The zero-order valence-electron chi connectivity index (χ0n) is 30.7. The topological polar surface area (TPSA) is 122 Å². The first-order valence-electron chi connectivity index (χ1n) is 19.2. The molecule has 14 atom stereocenters. The molecular weight excluding hydrogens is 620 g/mol. The number of hydrogen-bond donors (Lipinski definition) is 3. The number of rotatable bonds is 5. The van der Waals surface area contributed by atoms with Crippen LogP contribution < -0.4 is 0 Å². The zero-order chi connectivity index (χ0) is 34.9. The third-order valence-electron chi connectivity index (χ3n) is 16.4. The molecule has 8 rings (SSSR count). The number of amides is 1. The summed E-state index contributed by atoms with van der Waals surface area (Å²) in [7, 11) is 0. The third-order valence-corrected chi connectivity index (χ3v) is 16.4. The van der Waals surface area contributed by atoms with Crippen LogP contribution in [0.15, 0.2) is 24.5 Å². The molecule has 49 heavy (non-hydrogen) atoms. The molecular formula is C40H60N2O7. The molecule has 1 amide bonds. The van der Waals surface area contributed by atoms with E-state index in [9.17, 15) is 20.1 Å². The Bertz CT molecular complexity index is 1450. The average Bonchev–Trinajstić information content (AvgIpc) is 3.70. The van der Waals surface area contributed by atoms with E-state index in [2.05, 4.69) is 39.6 Å². The SMILES string of the molecule is C[C@@H]1C[C@H]([C@H](O)C(C)(C)O)O[C@H]2C1[C@@]1(C)CC[C@@]34CC35CCC(OC3CN(C(=O)c6ccncc6)CCO3)C(C)(C)[C@@H]5CC[C@H]4[C@]1(C)[C@H]2O. The number of nitrogens with zero attached hydrogens (tertiary/aromatic N) is 2. The van der Waals surface area contributed by atoms with Crippen molar-refractivity contribution in [1.82, 2.24) is 9.88 Å². The highest BCUT2D eigenvalue weighted by Gasteiger charge is 2.84. The predicted molar refractivity (Wildman–Crippen MR) is 183 cm³/mol. The Labute approximate surface area is 292 Å². The lowest BCUT2D eigenvalue weighted by Gasteiger charge is -2.64. The molecule has 0 aromatic carbocycles. The predicted octanol–water partition coefficient (Wildman–Crippen LogP) is 5.21. The molecule has 9 heteroatoms. The van der Waals surface area contributed by atoms with Crippen LogP contribution in [0.1, 0.15) is 110 Å². The highest BCUT2D eigenvalue weighted by Crippen LogP contribution is 2.89. The molecule has 5 saturated carbocycles. The van der Waals surface area contributed by atoms with Gasteiger partial charge in [0.25, 0.3) is 5.91 Å². The summed E-state index contributed by atoms with van der Waals surface area (Å²) in [6, 6.07) is 3.52. The molecule has 3 heterocycles. The van der Waals surface area contributed by atoms with Crippen molar-refractivity contribution in [3.8, 4) is 0 Å². The van der Waals surface area contributed by atoms with Crippen molar-refractivity contribution in [2.75, 3.05) is 19.7 Å². The summed E-state index contributed by atoms with van der Waals surface area (Å²) < 4.78 is 19.7. The van der Waals surface area contributed by atoms with Crippen LogP contribution >= 0.6 is 0 Å². The van der Waals surface area contributed by atoms with Crippen LogP contribution in [0, 0.1) is 50.7 Å². The Morgan fingerprint density at radius 3 is 2.47 bits per heavy atom. The first kappa shape index (κ1) is 34.5. The first-order chi connectivity index (χ1) is 23.0. The number of aromatic nitrogens is 1. The van der Waals surface area contributed by atoms with Gasteiger partial charge in [-0.2, -0.15) is 0 Å². The van der Waals surface area contributed by atoms with E-state index in [1.54, 1.807) is 38.4 Å². The van der Waals surface area contributed by atoms with E-state index >= 15 is 0 Å². The van der Waals surface area contributed by atoms with E-state index in [-0.39, 0.29) is 57.0 Å². The van der Waals surface area contributed by atoms with Crippen molar-refractivity contribution < 1.29 is 34.3 Å². The van der Waals surface area contributed by atoms with E-state index in [1.807, 2.05) is 4.90 Å². The fraction of sp³-hybridized carbons (Fsp3) is 0.850. The van der Waals surface area contributed by atoms with E-state index in [0.29, 0.717) is 43.5 Å². The molecule has 0 bridgehead atoms. The van der Waals surface area contributed by atoms with Gasteiger partial charge < -0.3 is 34.4 Å². The summed E-state index contributed by atoms with van der Waals surface area (Å²) in [6.45, 7) is 16.7. The monoisotopic (exact) mass is 680 g/mol. The quantitative estimate of drug-likeness (QED) is 0.388. The van der Waals surface area contributed by atoms with Gasteiger partial charge in [0.05, 0.1) is 43.2 Å². The van der Waals surface area contributed by atoms with Gasteiger partial charge in [-0.25, -0.2) is 0 Å². The van der Waals surface area contributed by atoms with Gasteiger partial charge >= 0.3 is 0 Å². The second-order valence-corrected chi connectivity index (χ2v) is 19.1. The van der Waals surface area contributed by atoms with E-state index in [0.717, 1.165) is 32.1 Å².